The van der Waals surface area contributed by atoms with E-state index in [1.165, 1.54) is 6.07 Å². The number of hydrogen-bond donors (Lipinski definition) is 2. The van der Waals surface area contributed by atoms with Crippen LogP contribution in [0.5, 0.6) is 0 Å². The van der Waals surface area contributed by atoms with Gasteiger partial charge in [-0.05, 0) is 18.2 Å². The molecule has 3 N–H and O–H groups in total. The first-order valence-electron chi connectivity index (χ1n) is 5.99. The van der Waals surface area contributed by atoms with Crippen molar-refractivity contribution in [3.63, 3.8) is 0 Å². The van der Waals surface area contributed by atoms with Crippen LogP contribution in [0.4, 0.5) is 15.8 Å². The zero-order chi connectivity index (χ0) is 13.7. The van der Waals surface area contributed by atoms with Crippen molar-refractivity contribution in [2.24, 2.45) is 0 Å². The molecule has 0 bridgehead atoms. The first-order chi connectivity index (χ1) is 9.24. The molecule has 0 fully saturated rings. The number of fused-ring (bicyclic) bond motifs is 1. The second-order valence-corrected chi connectivity index (χ2v) is 5.16. The maximum atomic E-state index is 14.0. The molecule has 1 aromatic carbocycles. The van der Waals surface area contributed by atoms with Crippen molar-refractivity contribution in [3.05, 3.63) is 42.9 Å². The number of nitrogen functional groups attached to an aromatic ring is 1. The summed E-state index contributed by atoms with van der Waals surface area (Å²) in [7, 11) is 0. The Morgan fingerprint density at radius 1 is 1.53 bits per heavy atom. The third kappa shape index (κ3) is 3.17. The SMILES string of the molecule is C=CCSCCNc1c(F)cc(N)c2cccnc12. The van der Waals surface area contributed by atoms with E-state index in [4.69, 9.17) is 5.73 Å². The largest absolute Gasteiger partial charge is 0.398 e. The molecule has 0 amide bonds. The van der Waals surface area contributed by atoms with Crippen molar-refractivity contribution in [1.29, 1.82) is 0 Å². The van der Waals surface area contributed by atoms with Crippen LogP contribution in [0, 0.1) is 5.82 Å². The highest BCUT2D eigenvalue weighted by Gasteiger charge is 2.11. The average Bonchev–Trinajstić information content (AvgIpc) is 2.42. The molecule has 3 nitrogen and oxygen atoms in total. The van der Waals surface area contributed by atoms with Crippen LogP contribution in [0.1, 0.15) is 0 Å². The van der Waals surface area contributed by atoms with E-state index >= 15 is 0 Å². The first kappa shape index (κ1) is 13.7. The molecule has 2 aromatic rings. The van der Waals surface area contributed by atoms with Crippen molar-refractivity contribution >= 4 is 34.0 Å². The minimum atomic E-state index is -0.363. The second kappa shape index (κ2) is 6.43. The predicted molar refractivity (Wildman–Crippen MR) is 82.1 cm³/mol. The molecule has 0 aliphatic heterocycles. The zero-order valence-electron chi connectivity index (χ0n) is 10.5. The van der Waals surface area contributed by atoms with Gasteiger partial charge in [0.2, 0.25) is 0 Å². The van der Waals surface area contributed by atoms with Gasteiger partial charge in [0.15, 0.2) is 5.82 Å². The summed E-state index contributed by atoms with van der Waals surface area (Å²) in [4.78, 5) is 4.21. The van der Waals surface area contributed by atoms with E-state index < -0.39 is 0 Å². The zero-order valence-corrected chi connectivity index (χ0v) is 11.3. The molecule has 0 atom stereocenters. The number of anilines is 2. The van der Waals surface area contributed by atoms with Crippen LogP contribution in [-0.2, 0) is 0 Å². The summed E-state index contributed by atoms with van der Waals surface area (Å²) in [5.41, 5.74) is 7.20. The average molecular weight is 277 g/mol. The minimum Gasteiger partial charge on any atom is -0.398 e. The Morgan fingerprint density at radius 3 is 3.16 bits per heavy atom. The van der Waals surface area contributed by atoms with Gasteiger partial charge < -0.3 is 11.1 Å². The monoisotopic (exact) mass is 277 g/mol. The number of nitrogens with zero attached hydrogens (tertiary/aromatic N) is 1. The van der Waals surface area contributed by atoms with Gasteiger partial charge in [-0.15, -0.1) is 6.58 Å². The summed E-state index contributed by atoms with van der Waals surface area (Å²) < 4.78 is 14.0. The molecule has 1 heterocycles. The quantitative estimate of drug-likeness (QED) is 0.483. The molecular weight excluding hydrogens is 261 g/mol. The number of nitrogens with one attached hydrogen (secondary N) is 1. The van der Waals surface area contributed by atoms with Crippen LogP contribution in [0.3, 0.4) is 0 Å². The highest BCUT2D eigenvalue weighted by Crippen LogP contribution is 2.29. The number of thioether (sulfide) groups is 1. The van der Waals surface area contributed by atoms with E-state index in [-0.39, 0.29) is 5.82 Å². The maximum Gasteiger partial charge on any atom is 0.150 e. The van der Waals surface area contributed by atoms with Crippen molar-refractivity contribution in [2.45, 2.75) is 0 Å². The molecule has 0 unspecified atom stereocenters. The van der Waals surface area contributed by atoms with E-state index in [0.717, 1.165) is 16.9 Å². The van der Waals surface area contributed by atoms with Gasteiger partial charge in [-0.25, -0.2) is 4.39 Å². The molecule has 0 spiro atoms. The maximum absolute atomic E-state index is 14.0. The van der Waals surface area contributed by atoms with Crippen LogP contribution < -0.4 is 11.1 Å². The highest BCUT2D eigenvalue weighted by atomic mass is 32.2. The fourth-order valence-electron chi connectivity index (χ4n) is 1.82. The van der Waals surface area contributed by atoms with E-state index in [0.29, 0.717) is 23.4 Å². The molecule has 100 valence electrons. The van der Waals surface area contributed by atoms with Crippen LogP contribution >= 0.6 is 11.8 Å². The molecule has 0 saturated carbocycles. The van der Waals surface area contributed by atoms with E-state index in [1.54, 1.807) is 24.0 Å². The summed E-state index contributed by atoms with van der Waals surface area (Å²) in [5.74, 6) is 1.41. The van der Waals surface area contributed by atoms with Gasteiger partial charge in [0, 0.05) is 35.3 Å². The molecule has 5 heteroatoms. The summed E-state index contributed by atoms with van der Waals surface area (Å²) in [6.45, 7) is 4.33. The van der Waals surface area contributed by atoms with Crippen molar-refractivity contribution in [1.82, 2.24) is 4.98 Å². The fraction of sp³-hybridized carbons (Fsp3) is 0.214. The van der Waals surface area contributed by atoms with Crippen molar-refractivity contribution in [3.8, 4) is 0 Å². The van der Waals surface area contributed by atoms with Gasteiger partial charge in [-0.3, -0.25) is 4.98 Å². The van der Waals surface area contributed by atoms with Crippen LogP contribution in [0.15, 0.2) is 37.1 Å². The highest BCUT2D eigenvalue weighted by molar-refractivity contribution is 7.99. The number of halogens is 1. The van der Waals surface area contributed by atoms with Gasteiger partial charge in [-0.1, -0.05) is 6.08 Å². The first-order valence-corrected chi connectivity index (χ1v) is 7.14. The van der Waals surface area contributed by atoms with E-state index in [9.17, 15) is 4.39 Å². The summed E-state index contributed by atoms with van der Waals surface area (Å²) in [6, 6.07) is 4.97. The van der Waals surface area contributed by atoms with Gasteiger partial charge in [0.25, 0.3) is 0 Å². The Kier molecular flexibility index (Phi) is 4.63. The van der Waals surface area contributed by atoms with Crippen LogP contribution in [0.25, 0.3) is 10.9 Å². The van der Waals surface area contributed by atoms with Crippen molar-refractivity contribution < 1.29 is 4.39 Å². The van der Waals surface area contributed by atoms with Crippen LogP contribution in [0.2, 0.25) is 0 Å². The molecule has 0 saturated heterocycles. The molecule has 0 radical (unpaired) electrons. The van der Waals surface area contributed by atoms with Gasteiger partial charge >= 0.3 is 0 Å². The lowest BCUT2D eigenvalue weighted by molar-refractivity contribution is 0.632. The molecular formula is C14H16FN3S. The standard InChI is InChI=1S/C14H16FN3S/c1-2-7-19-8-6-18-14-11(15)9-12(16)10-4-3-5-17-13(10)14/h2-5,9,18H,1,6-8,16H2. The summed E-state index contributed by atoms with van der Waals surface area (Å²) >= 11 is 1.74. The van der Waals surface area contributed by atoms with Crippen molar-refractivity contribution in [2.75, 3.05) is 29.1 Å². The summed E-state index contributed by atoms with van der Waals surface area (Å²) in [6.07, 6.45) is 3.49. The number of benzene rings is 1. The number of nitrogens with two attached hydrogens (primary N) is 1. The number of aromatic nitrogens is 1. The number of hydrogen-bond acceptors (Lipinski definition) is 4. The Hall–Kier alpha value is -1.75. The van der Waals surface area contributed by atoms with Gasteiger partial charge in [0.05, 0.1) is 11.2 Å². The second-order valence-electron chi connectivity index (χ2n) is 4.01. The molecule has 0 aliphatic rings. The lowest BCUT2D eigenvalue weighted by Crippen LogP contribution is -2.08. The van der Waals surface area contributed by atoms with E-state index in [1.807, 2.05) is 12.1 Å². The normalized spacial score (nSPS) is 10.6. The molecule has 2 rings (SSSR count). The Bertz CT molecular complexity index is 586. The van der Waals surface area contributed by atoms with Gasteiger partial charge in [0.1, 0.15) is 0 Å². The third-order valence-electron chi connectivity index (χ3n) is 2.66. The van der Waals surface area contributed by atoms with E-state index in [2.05, 4.69) is 16.9 Å². The van der Waals surface area contributed by atoms with Crippen LogP contribution in [-0.4, -0.2) is 23.0 Å². The molecule has 0 aliphatic carbocycles. The molecule has 1 aromatic heterocycles. The predicted octanol–water partition coefficient (Wildman–Crippen LogP) is 3.29. The third-order valence-corrected chi connectivity index (χ3v) is 3.62. The number of rotatable bonds is 6. The molecule has 19 heavy (non-hydrogen) atoms. The lowest BCUT2D eigenvalue weighted by atomic mass is 10.1. The van der Waals surface area contributed by atoms with Gasteiger partial charge in [-0.2, -0.15) is 11.8 Å². The minimum absolute atomic E-state index is 0.363. The smallest absolute Gasteiger partial charge is 0.150 e. The Morgan fingerprint density at radius 2 is 2.37 bits per heavy atom. The Labute approximate surface area is 116 Å². The number of pyridine rings is 1. The fourth-order valence-corrected chi connectivity index (χ4v) is 2.40. The summed E-state index contributed by atoms with van der Waals surface area (Å²) in [5, 5.41) is 3.86. The Balaban J connectivity index is 2.20. The topological polar surface area (TPSA) is 50.9 Å². The lowest BCUT2D eigenvalue weighted by Gasteiger charge is -2.11.